The highest BCUT2D eigenvalue weighted by Gasteiger charge is 2.29. The molecular formula is C11H22N2O2. The van der Waals surface area contributed by atoms with E-state index in [9.17, 15) is 9.90 Å². The average molecular weight is 214 g/mol. The van der Waals surface area contributed by atoms with E-state index in [1.165, 1.54) is 13.8 Å². The number of nitrogens with zero attached hydrogens (tertiary/aromatic N) is 1. The number of piperidine rings is 1. The second-order valence-electron chi connectivity index (χ2n) is 5.08. The van der Waals surface area contributed by atoms with Crippen LogP contribution in [-0.4, -0.2) is 47.2 Å². The Bertz CT molecular complexity index is 235. The van der Waals surface area contributed by atoms with E-state index in [0.717, 1.165) is 19.4 Å². The van der Waals surface area contributed by atoms with Crippen molar-refractivity contribution in [2.45, 2.75) is 51.3 Å². The van der Waals surface area contributed by atoms with E-state index in [1.54, 1.807) is 0 Å². The summed E-state index contributed by atoms with van der Waals surface area (Å²) in [6, 6.07) is 0.695. The predicted octanol–water partition coefficient (Wildman–Crippen LogP) is 0.356. The summed E-state index contributed by atoms with van der Waals surface area (Å²) in [6.07, 6.45) is 1.92. The minimum Gasteiger partial charge on any atom is -0.381 e. The van der Waals surface area contributed by atoms with Gasteiger partial charge in [-0.2, -0.15) is 0 Å². The fraction of sp³-hybridized carbons (Fsp3) is 0.909. The molecule has 2 atom stereocenters. The highest BCUT2D eigenvalue weighted by molar-refractivity contribution is 5.84. The van der Waals surface area contributed by atoms with E-state index < -0.39 is 5.60 Å². The first-order valence-corrected chi connectivity index (χ1v) is 5.54. The van der Waals surface area contributed by atoms with E-state index in [4.69, 9.17) is 0 Å². The van der Waals surface area contributed by atoms with Crippen LogP contribution in [0.2, 0.25) is 0 Å². The van der Waals surface area contributed by atoms with Crippen LogP contribution in [0.15, 0.2) is 0 Å². The minimum atomic E-state index is -1.27. The third kappa shape index (κ3) is 3.47. The number of aliphatic hydroxyl groups is 1. The smallest absolute Gasteiger partial charge is 0.251 e. The van der Waals surface area contributed by atoms with Gasteiger partial charge in [-0.3, -0.25) is 4.79 Å². The summed E-state index contributed by atoms with van der Waals surface area (Å²) < 4.78 is 0. The molecule has 1 amide bonds. The number of nitrogens with one attached hydrogen (secondary N) is 1. The third-order valence-electron chi connectivity index (χ3n) is 3.10. The normalized spacial score (nSPS) is 28.9. The average Bonchev–Trinajstić information content (AvgIpc) is 2.10. The zero-order valence-electron chi connectivity index (χ0n) is 10.1. The molecule has 1 saturated heterocycles. The summed E-state index contributed by atoms with van der Waals surface area (Å²) in [5.41, 5.74) is -1.27. The van der Waals surface area contributed by atoms with Gasteiger partial charge in [-0.1, -0.05) is 0 Å². The van der Waals surface area contributed by atoms with E-state index in [1.807, 2.05) is 0 Å². The number of amides is 1. The molecule has 1 fully saturated rings. The van der Waals surface area contributed by atoms with Crippen LogP contribution in [0.25, 0.3) is 0 Å². The van der Waals surface area contributed by atoms with Crippen LogP contribution in [0.3, 0.4) is 0 Å². The highest BCUT2D eigenvalue weighted by atomic mass is 16.3. The molecule has 0 aliphatic carbocycles. The number of hydrogen-bond acceptors (Lipinski definition) is 3. The molecule has 1 heterocycles. The maximum absolute atomic E-state index is 11.5. The molecule has 0 aromatic carbocycles. The molecule has 15 heavy (non-hydrogen) atoms. The van der Waals surface area contributed by atoms with E-state index in [-0.39, 0.29) is 11.9 Å². The van der Waals surface area contributed by atoms with Gasteiger partial charge in [0.2, 0.25) is 0 Å². The van der Waals surface area contributed by atoms with E-state index in [2.05, 4.69) is 24.2 Å². The van der Waals surface area contributed by atoms with Gasteiger partial charge >= 0.3 is 0 Å². The van der Waals surface area contributed by atoms with E-state index >= 15 is 0 Å². The fourth-order valence-corrected chi connectivity index (χ4v) is 1.78. The Kier molecular flexibility index (Phi) is 3.73. The topological polar surface area (TPSA) is 52.6 Å². The molecule has 0 saturated carbocycles. The van der Waals surface area contributed by atoms with Crippen LogP contribution in [-0.2, 0) is 4.79 Å². The van der Waals surface area contributed by atoms with Crippen molar-refractivity contribution in [1.29, 1.82) is 0 Å². The number of likely N-dealkylation sites (tertiary alicyclic amines) is 1. The first-order chi connectivity index (χ1) is 6.80. The van der Waals surface area contributed by atoms with Crippen LogP contribution in [0.4, 0.5) is 0 Å². The molecule has 1 aliphatic rings. The van der Waals surface area contributed by atoms with Crippen molar-refractivity contribution in [3.05, 3.63) is 0 Å². The standard InChI is InChI=1S/C11H22N2O2/c1-8-7-9(5-6-13(8)4)12-10(14)11(2,3)15/h8-9,15H,5-7H2,1-4H3,(H,12,14). The lowest BCUT2D eigenvalue weighted by Crippen LogP contribution is -2.52. The maximum atomic E-state index is 11.5. The zero-order valence-corrected chi connectivity index (χ0v) is 10.1. The Morgan fingerprint density at radius 2 is 2.13 bits per heavy atom. The molecule has 88 valence electrons. The van der Waals surface area contributed by atoms with Gasteiger partial charge in [0, 0.05) is 18.6 Å². The lowest BCUT2D eigenvalue weighted by molar-refractivity contribution is -0.137. The summed E-state index contributed by atoms with van der Waals surface area (Å²) in [5.74, 6) is -0.274. The fourth-order valence-electron chi connectivity index (χ4n) is 1.78. The summed E-state index contributed by atoms with van der Waals surface area (Å²) in [5, 5.41) is 12.4. The second kappa shape index (κ2) is 4.49. The van der Waals surface area contributed by atoms with Gasteiger partial charge in [-0.25, -0.2) is 0 Å². The molecule has 2 unspecified atom stereocenters. The molecule has 4 nitrogen and oxygen atoms in total. The first kappa shape index (κ1) is 12.5. The van der Waals surface area contributed by atoms with Crippen molar-refractivity contribution in [2.75, 3.05) is 13.6 Å². The summed E-state index contributed by atoms with van der Waals surface area (Å²) in [6.45, 7) is 6.18. The third-order valence-corrected chi connectivity index (χ3v) is 3.10. The second-order valence-corrected chi connectivity index (χ2v) is 5.08. The van der Waals surface area contributed by atoms with Crippen LogP contribution in [0, 0.1) is 0 Å². The van der Waals surface area contributed by atoms with Gasteiger partial charge in [-0.15, -0.1) is 0 Å². The molecule has 0 spiro atoms. The maximum Gasteiger partial charge on any atom is 0.251 e. The predicted molar refractivity (Wildman–Crippen MR) is 59.6 cm³/mol. The van der Waals surface area contributed by atoms with Gasteiger partial charge in [0.15, 0.2) is 0 Å². The highest BCUT2D eigenvalue weighted by Crippen LogP contribution is 2.16. The van der Waals surface area contributed by atoms with Crippen LogP contribution in [0.5, 0.6) is 0 Å². The molecule has 0 bridgehead atoms. The van der Waals surface area contributed by atoms with Crippen molar-refractivity contribution in [3.63, 3.8) is 0 Å². The number of carbonyl (C=O) groups is 1. The van der Waals surface area contributed by atoms with Gasteiger partial charge in [0.05, 0.1) is 0 Å². The van der Waals surface area contributed by atoms with Gasteiger partial charge in [0.25, 0.3) is 5.91 Å². The Morgan fingerprint density at radius 1 is 1.53 bits per heavy atom. The van der Waals surface area contributed by atoms with Gasteiger partial charge in [0.1, 0.15) is 5.60 Å². The Morgan fingerprint density at radius 3 is 2.60 bits per heavy atom. The largest absolute Gasteiger partial charge is 0.381 e. The molecule has 0 aromatic heterocycles. The van der Waals surface area contributed by atoms with Crippen molar-refractivity contribution in [1.82, 2.24) is 10.2 Å². The van der Waals surface area contributed by atoms with Gasteiger partial charge in [-0.05, 0) is 40.7 Å². The molecule has 0 aromatic rings. The first-order valence-electron chi connectivity index (χ1n) is 5.54. The SMILES string of the molecule is CC1CC(NC(=O)C(C)(C)O)CCN1C. The number of carbonyl (C=O) groups excluding carboxylic acids is 1. The molecule has 1 rings (SSSR count). The molecule has 1 aliphatic heterocycles. The summed E-state index contributed by atoms with van der Waals surface area (Å²) >= 11 is 0. The summed E-state index contributed by atoms with van der Waals surface area (Å²) in [7, 11) is 2.10. The molecule has 0 radical (unpaired) electrons. The lowest BCUT2D eigenvalue weighted by atomic mass is 9.98. The molecule has 4 heteroatoms. The minimum absolute atomic E-state index is 0.204. The monoisotopic (exact) mass is 214 g/mol. The van der Waals surface area contributed by atoms with Crippen LogP contribution < -0.4 is 5.32 Å². The Hall–Kier alpha value is -0.610. The van der Waals surface area contributed by atoms with Gasteiger partial charge < -0.3 is 15.3 Å². The van der Waals surface area contributed by atoms with Crippen LogP contribution in [0.1, 0.15) is 33.6 Å². The molecular weight excluding hydrogens is 192 g/mol. The Balaban J connectivity index is 2.44. The van der Waals surface area contributed by atoms with Crippen LogP contribution >= 0.6 is 0 Å². The Labute approximate surface area is 91.6 Å². The number of hydrogen-bond donors (Lipinski definition) is 2. The van der Waals surface area contributed by atoms with E-state index in [0.29, 0.717) is 6.04 Å². The summed E-state index contributed by atoms with van der Waals surface area (Å²) in [4.78, 5) is 13.8. The zero-order chi connectivity index (χ0) is 11.6. The van der Waals surface area contributed by atoms with Crippen molar-refractivity contribution in [3.8, 4) is 0 Å². The molecule has 2 N–H and O–H groups in total. The lowest BCUT2D eigenvalue weighted by Gasteiger charge is -2.36. The van der Waals surface area contributed by atoms with Crippen molar-refractivity contribution >= 4 is 5.91 Å². The quantitative estimate of drug-likeness (QED) is 0.697. The number of rotatable bonds is 2. The van der Waals surface area contributed by atoms with Crippen molar-refractivity contribution < 1.29 is 9.90 Å². The van der Waals surface area contributed by atoms with Crippen molar-refractivity contribution in [2.24, 2.45) is 0 Å².